The minimum atomic E-state index is -4.35. The molecule has 0 fully saturated rings. The maximum absolute atomic E-state index is 12.0. The third-order valence-corrected chi connectivity index (χ3v) is 4.52. The van der Waals surface area contributed by atoms with Crippen LogP contribution in [0.15, 0.2) is 0 Å². The molecule has 19 heavy (non-hydrogen) atoms. The second-order valence-corrected chi connectivity index (χ2v) is 6.56. The van der Waals surface area contributed by atoms with E-state index in [0.29, 0.717) is 0 Å². The maximum atomic E-state index is 12.0. The molecule has 3 N–H and O–H groups in total. The van der Waals surface area contributed by atoms with E-state index >= 15 is 0 Å². The molecule has 0 saturated heterocycles. The van der Waals surface area contributed by atoms with E-state index in [2.05, 4.69) is 0 Å². The van der Waals surface area contributed by atoms with E-state index < -0.39 is 34.8 Å². The summed E-state index contributed by atoms with van der Waals surface area (Å²) in [5, 5.41) is 7.06. The fraction of sp³-hybridized carbons (Fsp3) is 0.900. The van der Waals surface area contributed by atoms with Crippen LogP contribution in [-0.2, 0) is 10.0 Å². The van der Waals surface area contributed by atoms with E-state index in [-0.39, 0.29) is 24.8 Å². The molecule has 9 heteroatoms. The number of nitrogens with two attached hydrogens (primary N) is 1. The highest BCUT2D eigenvalue weighted by atomic mass is 32.2. The first-order valence-electron chi connectivity index (χ1n) is 5.85. The molecule has 0 bridgehead atoms. The number of rotatable bonds is 8. The molecular formula is C10H20F3N3O2S. The molecule has 0 aromatic rings. The molecule has 0 saturated carbocycles. The molecule has 0 radical (unpaired) electrons. The van der Waals surface area contributed by atoms with Crippen molar-refractivity contribution < 1.29 is 21.6 Å². The van der Waals surface area contributed by atoms with Crippen LogP contribution in [0.25, 0.3) is 0 Å². The number of nitrogens with one attached hydrogen (secondary N) is 1. The summed E-state index contributed by atoms with van der Waals surface area (Å²) >= 11 is 0. The number of hydrogen-bond donors (Lipinski definition) is 2. The Labute approximate surface area is 111 Å². The molecule has 0 rings (SSSR count). The van der Waals surface area contributed by atoms with Gasteiger partial charge in [-0.3, -0.25) is 5.41 Å². The van der Waals surface area contributed by atoms with E-state index in [4.69, 9.17) is 11.1 Å². The Bertz CT molecular complexity index is 393. The predicted molar refractivity (Wildman–Crippen MR) is 67.4 cm³/mol. The molecule has 0 spiro atoms. The van der Waals surface area contributed by atoms with Crippen LogP contribution in [0.4, 0.5) is 13.2 Å². The molecule has 0 atom stereocenters. The van der Waals surface area contributed by atoms with Gasteiger partial charge < -0.3 is 5.73 Å². The molecular weight excluding hydrogens is 283 g/mol. The summed E-state index contributed by atoms with van der Waals surface area (Å²) in [4.78, 5) is 0. The third-order valence-electron chi connectivity index (χ3n) is 2.40. The Balaban J connectivity index is 4.58. The normalized spacial score (nSPS) is 13.2. The molecule has 0 aliphatic carbocycles. The van der Waals surface area contributed by atoms with Crippen LogP contribution >= 0.6 is 0 Å². The number of sulfonamides is 1. The topological polar surface area (TPSA) is 87.2 Å². The van der Waals surface area contributed by atoms with E-state index in [1.54, 1.807) is 13.8 Å². The minimum Gasteiger partial charge on any atom is -0.388 e. The van der Waals surface area contributed by atoms with E-state index in [1.165, 1.54) is 0 Å². The lowest BCUT2D eigenvalue weighted by Gasteiger charge is -2.25. The average molecular weight is 303 g/mol. The third kappa shape index (κ3) is 8.04. The van der Waals surface area contributed by atoms with Crippen LogP contribution in [0.5, 0.6) is 0 Å². The van der Waals surface area contributed by atoms with E-state index in [1.807, 2.05) is 0 Å². The Morgan fingerprint density at radius 1 is 1.37 bits per heavy atom. The van der Waals surface area contributed by atoms with E-state index in [0.717, 1.165) is 4.31 Å². The Morgan fingerprint density at radius 3 is 2.26 bits per heavy atom. The summed E-state index contributed by atoms with van der Waals surface area (Å²) in [5.74, 6) is -0.709. The van der Waals surface area contributed by atoms with Crippen LogP contribution in [-0.4, -0.2) is 43.1 Å². The highest BCUT2D eigenvalue weighted by Gasteiger charge is 2.30. The van der Waals surface area contributed by atoms with Crippen molar-refractivity contribution in [2.24, 2.45) is 5.73 Å². The van der Waals surface area contributed by atoms with Gasteiger partial charge in [-0.25, -0.2) is 8.42 Å². The number of amidine groups is 1. The van der Waals surface area contributed by atoms with Gasteiger partial charge in [0.2, 0.25) is 10.0 Å². The van der Waals surface area contributed by atoms with Gasteiger partial charge in [0, 0.05) is 25.4 Å². The minimum absolute atomic E-state index is 0.0152. The Kier molecular flexibility index (Phi) is 6.78. The van der Waals surface area contributed by atoms with Crippen molar-refractivity contribution in [1.82, 2.24) is 4.31 Å². The zero-order valence-corrected chi connectivity index (χ0v) is 11.8. The molecule has 0 unspecified atom stereocenters. The number of nitrogens with zero attached hydrogens (tertiary/aromatic N) is 1. The van der Waals surface area contributed by atoms with Gasteiger partial charge in [-0.2, -0.15) is 17.5 Å². The van der Waals surface area contributed by atoms with Gasteiger partial charge in [0.05, 0.1) is 11.6 Å². The van der Waals surface area contributed by atoms with Crippen molar-refractivity contribution in [2.75, 3.05) is 12.3 Å². The lowest BCUT2D eigenvalue weighted by molar-refractivity contribution is -0.134. The van der Waals surface area contributed by atoms with Crippen molar-refractivity contribution in [3.05, 3.63) is 0 Å². The van der Waals surface area contributed by atoms with E-state index in [9.17, 15) is 21.6 Å². The molecule has 0 aliphatic rings. The Hall–Kier alpha value is -0.830. The first kappa shape index (κ1) is 18.2. The molecule has 0 aromatic heterocycles. The maximum Gasteiger partial charge on any atom is 0.389 e. The van der Waals surface area contributed by atoms with Crippen molar-refractivity contribution >= 4 is 15.9 Å². The van der Waals surface area contributed by atoms with Gasteiger partial charge >= 0.3 is 6.18 Å². The summed E-state index contributed by atoms with van der Waals surface area (Å²) in [7, 11) is -3.76. The highest BCUT2D eigenvalue weighted by Crippen LogP contribution is 2.22. The average Bonchev–Trinajstić information content (AvgIpc) is 2.13. The number of hydrogen-bond acceptors (Lipinski definition) is 3. The van der Waals surface area contributed by atoms with Gasteiger partial charge in [-0.05, 0) is 20.3 Å². The van der Waals surface area contributed by atoms with Crippen molar-refractivity contribution in [1.29, 1.82) is 5.41 Å². The van der Waals surface area contributed by atoms with Crippen molar-refractivity contribution in [3.63, 3.8) is 0 Å². The molecule has 114 valence electrons. The lowest BCUT2D eigenvalue weighted by atomic mass is 10.3. The zero-order chi connectivity index (χ0) is 15.3. The summed E-state index contributed by atoms with van der Waals surface area (Å²) in [5.41, 5.74) is 5.15. The highest BCUT2D eigenvalue weighted by molar-refractivity contribution is 7.89. The van der Waals surface area contributed by atoms with Crippen LogP contribution in [0.1, 0.15) is 33.1 Å². The largest absolute Gasteiger partial charge is 0.389 e. The second kappa shape index (κ2) is 7.09. The van der Waals surface area contributed by atoms with Crippen molar-refractivity contribution in [2.45, 2.75) is 45.3 Å². The molecule has 0 aromatic carbocycles. The molecule has 0 aliphatic heterocycles. The summed E-state index contributed by atoms with van der Waals surface area (Å²) in [6.45, 7) is 3.27. The first-order chi connectivity index (χ1) is 8.46. The number of halogens is 3. The predicted octanol–water partition coefficient (Wildman–Crippen LogP) is 1.70. The van der Waals surface area contributed by atoms with Crippen LogP contribution in [0.2, 0.25) is 0 Å². The van der Waals surface area contributed by atoms with Crippen molar-refractivity contribution in [3.8, 4) is 0 Å². The molecule has 0 heterocycles. The van der Waals surface area contributed by atoms with Gasteiger partial charge in [0.1, 0.15) is 0 Å². The van der Waals surface area contributed by atoms with Crippen LogP contribution in [0.3, 0.4) is 0 Å². The smallest absolute Gasteiger partial charge is 0.388 e. The van der Waals surface area contributed by atoms with Gasteiger partial charge in [-0.1, -0.05) is 0 Å². The fourth-order valence-electron chi connectivity index (χ4n) is 1.52. The van der Waals surface area contributed by atoms with Gasteiger partial charge in [-0.15, -0.1) is 0 Å². The van der Waals surface area contributed by atoms with Gasteiger partial charge in [0.15, 0.2) is 0 Å². The number of alkyl halides is 3. The van der Waals surface area contributed by atoms with Crippen LogP contribution in [0, 0.1) is 5.41 Å². The Morgan fingerprint density at radius 2 is 1.89 bits per heavy atom. The zero-order valence-electron chi connectivity index (χ0n) is 11.0. The summed E-state index contributed by atoms with van der Waals surface area (Å²) in [6, 6.07) is -0.379. The quantitative estimate of drug-likeness (QED) is 0.528. The fourth-order valence-corrected chi connectivity index (χ4v) is 3.28. The molecule has 0 amide bonds. The standard InChI is InChI=1S/C10H20F3N3O2S/c1-8(2)16(6-4-9(14)15)19(17,18)7-3-5-10(11,12)13/h8H,3-7H2,1-2H3,(H3,14,15). The monoisotopic (exact) mass is 303 g/mol. The first-order valence-corrected chi connectivity index (χ1v) is 7.46. The SMILES string of the molecule is CC(C)N(CCC(=N)N)S(=O)(=O)CCCC(F)(F)F. The summed E-state index contributed by atoms with van der Waals surface area (Å²) in [6.07, 6.45) is -5.87. The van der Waals surface area contributed by atoms with Gasteiger partial charge in [0.25, 0.3) is 0 Å². The molecule has 5 nitrogen and oxygen atoms in total. The summed E-state index contributed by atoms with van der Waals surface area (Å²) < 4.78 is 60.9. The van der Waals surface area contributed by atoms with Crippen LogP contribution < -0.4 is 5.73 Å². The lowest BCUT2D eigenvalue weighted by Crippen LogP contribution is -2.40. The second-order valence-electron chi connectivity index (χ2n) is 4.51.